The highest BCUT2D eigenvalue weighted by molar-refractivity contribution is 5.67. The Morgan fingerprint density at radius 3 is 2.71 bits per heavy atom. The number of carbonyl (C=O) groups excluding carboxylic acids is 1. The lowest BCUT2D eigenvalue weighted by molar-refractivity contribution is 0.141. The van der Waals surface area contributed by atoms with E-state index in [2.05, 4.69) is 34.5 Å². The molecule has 1 N–H and O–H groups in total. The molecule has 1 saturated carbocycles. The first-order chi connectivity index (χ1) is 11.7. The summed E-state index contributed by atoms with van der Waals surface area (Å²) in [6.07, 6.45) is 6.84. The van der Waals surface area contributed by atoms with Crippen LogP contribution in [0.1, 0.15) is 50.2 Å². The molecule has 4 heteroatoms. The Hall–Kier alpha value is -1.55. The van der Waals surface area contributed by atoms with Gasteiger partial charge in [0.1, 0.15) is 0 Å². The van der Waals surface area contributed by atoms with Crippen LogP contribution >= 0.6 is 0 Å². The lowest BCUT2D eigenvalue weighted by Gasteiger charge is -2.32. The summed E-state index contributed by atoms with van der Waals surface area (Å²) in [6, 6.07) is 9.15. The molecular weight excluding hydrogens is 300 g/mol. The summed E-state index contributed by atoms with van der Waals surface area (Å²) in [7, 11) is 0. The average Bonchev–Trinajstić information content (AvgIpc) is 2.61. The van der Waals surface area contributed by atoms with E-state index in [0.29, 0.717) is 12.6 Å². The molecular formula is C20H30N2O2. The minimum absolute atomic E-state index is 0.257. The Labute approximate surface area is 145 Å². The lowest BCUT2D eigenvalue weighted by Crippen LogP contribution is -2.38. The highest BCUT2D eigenvalue weighted by atomic mass is 16.5. The van der Waals surface area contributed by atoms with E-state index in [1.807, 2.05) is 6.92 Å². The van der Waals surface area contributed by atoms with Crippen LogP contribution in [0.3, 0.4) is 0 Å². The molecule has 1 heterocycles. The quantitative estimate of drug-likeness (QED) is 0.894. The van der Waals surface area contributed by atoms with Crippen LogP contribution in [0.5, 0.6) is 0 Å². The van der Waals surface area contributed by atoms with Crippen LogP contribution in [0.15, 0.2) is 24.3 Å². The molecule has 1 fully saturated rings. The molecule has 0 saturated heterocycles. The topological polar surface area (TPSA) is 41.6 Å². The zero-order valence-corrected chi connectivity index (χ0v) is 14.8. The van der Waals surface area contributed by atoms with Crippen molar-refractivity contribution in [2.75, 3.05) is 19.7 Å². The van der Waals surface area contributed by atoms with Gasteiger partial charge in [0.15, 0.2) is 0 Å². The lowest BCUT2D eigenvalue weighted by atomic mass is 9.84. The van der Waals surface area contributed by atoms with Crippen molar-refractivity contribution in [2.24, 2.45) is 5.92 Å². The SMILES string of the molecule is CCOC(=O)NC1CCC(CCN2CCc3ccccc3C2)CC1. The van der Waals surface area contributed by atoms with Crippen LogP contribution in [-0.4, -0.2) is 36.7 Å². The van der Waals surface area contributed by atoms with Crippen molar-refractivity contribution in [3.05, 3.63) is 35.4 Å². The number of amides is 1. The number of nitrogens with one attached hydrogen (secondary N) is 1. The number of hydrogen-bond donors (Lipinski definition) is 1. The van der Waals surface area contributed by atoms with Crippen LogP contribution in [0.2, 0.25) is 0 Å². The fourth-order valence-electron chi connectivity index (χ4n) is 4.05. The Bertz CT molecular complexity index is 538. The standard InChI is InChI=1S/C20H30N2O2/c1-2-24-20(23)21-19-9-7-16(8-10-19)11-13-22-14-12-17-5-3-4-6-18(17)15-22/h3-6,16,19H,2,7-15H2,1H3,(H,21,23). The normalized spacial score (nSPS) is 24.2. The number of fused-ring (bicyclic) bond motifs is 1. The summed E-state index contributed by atoms with van der Waals surface area (Å²) >= 11 is 0. The number of ether oxygens (including phenoxy) is 1. The van der Waals surface area contributed by atoms with Crippen molar-refractivity contribution in [2.45, 2.75) is 58.0 Å². The zero-order chi connectivity index (χ0) is 16.8. The molecule has 0 unspecified atom stereocenters. The number of benzene rings is 1. The summed E-state index contributed by atoms with van der Waals surface area (Å²) in [4.78, 5) is 14.1. The Balaban J connectivity index is 1.36. The zero-order valence-electron chi connectivity index (χ0n) is 14.8. The molecule has 1 aromatic rings. The van der Waals surface area contributed by atoms with Gasteiger partial charge >= 0.3 is 6.09 Å². The molecule has 3 rings (SSSR count). The molecule has 1 aliphatic carbocycles. The van der Waals surface area contributed by atoms with Crippen LogP contribution in [0, 0.1) is 5.92 Å². The molecule has 0 aromatic heterocycles. The molecule has 0 radical (unpaired) electrons. The van der Waals surface area contributed by atoms with Gasteiger partial charge in [-0.05, 0) is 69.0 Å². The first-order valence-corrected chi connectivity index (χ1v) is 9.47. The van der Waals surface area contributed by atoms with Gasteiger partial charge in [0.2, 0.25) is 0 Å². The molecule has 4 nitrogen and oxygen atoms in total. The van der Waals surface area contributed by atoms with Gasteiger partial charge in [0.05, 0.1) is 6.61 Å². The third kappa shape index (κ3) is 4.73. The first-order valence-electron chi connectivity index (χ1n) is 9.47. The summed E-state index contributed by atoms with van der Waals surface area (Å²) in [5.74, 6) is 0.808. The number of alkyl carbamates (subject to hydrolysis) is 1. The largest absolute Gasteiger partial charge is 0.450 e. The van der Waals surface area contributed by atoms with E-state index in [9.17, 15) is 4.79 Å². The molecule has 1 amide bonds. The Kier molecular flexibility index (Phi) is 6.13. The van der Waals surface area contributed by atoms with E-state index in [1.165, 1.54) is 49.9 Å². The van der Waals surface area contributed by atoms with Crippen molar-refractivity contribution in [1.29, 1.82) is 0 Å². The molecule has 0 atom stereocenters. The molecule has 132 valence electrons. The van der Waals surface area contributed by atoms with Gasteiger partial charge < -0.3 is 10.1 Å². The minimum Gasteiger partial charge on any atom is -0.450 e. The number of hydrogen-bond acceptors (Lipinski definition) is 3. The second-order valence-corrected chi connectivity index (χ2v) is 7.17. The van der Waals surface area contributed by atoms with Crippen LogP contribution < -0.4 is 5.32 Å². The van der Waals surface area contributed by atoms with Crippen LogP contribution in [0.25, 0.3) is 0 Å². The van der Waals surface area contributed by atoms with Crippen LogP contribution in [0.4, 0.5) is 4.79 Å². The number of carbonyl (C=O) groups is 1. The van der Waals surface area contributed by atoms with E-state index in [4.69, 9.17) is 4.74 Å². The minimum atomic E-state index is -0.257. The summed E-state index contributed by atoms with van der Waals surface area (Å²) < 4.78 is 4.97. The highest BCUT2D eigenvalue weighted by Crippen LogP contribution is 2.28. The van der Waals surface area contributed by atoms with Crippen molar-refractivity contribution < 1.29 is 9.53 Å². The van der Waals surface area contributed by atoms with E-state index >= 15 is 0 Å². The van der Waals surface area contributed by atoms with Gasteiger partial charge in [-0.3, -0.25) is 4.90 Å². The maximum absolute atomic E-state index is 11.5. The highest BCUT2D eigenvalue weighted by Gasteiger charge is 2.24. The van der Waals surface area contributed by atoms with Gasteiger partial charge in [-0.25, -0.2) is 4.79 Å². The predicted molar refractivity (Wildman–Crippen MR) is 95.9 cm³/mol. The third-order valence-corrected chi connectivity index (χ3v) is 5.51. The van der Waals surface area contributed by atoms with E-state index in [1.54, 1.807) is 0 Å². The van der Waals surface area contributed by atoms with Gasteiger partial charge in [0, 0.05) is 19.1 Å². The van der Waals surface area contributed by atoms with Gasteiger partial charge in [-0.1, -0.05) is 24.3 Å². The Morgan fingerprint density at radius 2 is 1.96 bits per heavy atom. The summed E-state index contributed by atoms with van der Waals surface area (Å²) in [6.45, 7) is 5.79. The molecule has 0 bridgehead atoms. The smallest absolute Gasteiger partial charge is 0.407 e. The summed E-state index contributed by atoms with van der Waals surface area (Å²) in [5.41, 5.74) is 3.03. The van der Waals surface area contributed by atoms with E-state index < -0.39 is 0 Å². The number of nitrogens with zero attached hydrogens (tertiary/aromatic N) is 1. The van der Waals surface area contributed by atoms with Crippen LogP contribution in [-0.2, 0) is 17.7 Å². The molecule has 1 aliphatic heterocycles. The number of rotatable bonds is 5. The van der Waals surface area contributed by atoms with E-state index in [0.717, 1.165) is 25.3 Å². The van der Waals surface area contributed by atoms with Gasteiger partial charge in [-0.2, -0.15) is 0 Å². The van der Waals surface area contributed by atoms with Gasteiger partial charge in [0.25, 0.3) is 0 Å². The maximum Gasteiger partial charge on any atom is 0.407 e. The van der Waals surface area contributed by atoms with Crippen molar-refractivity contribution in [3.8, 4) is 0 Å². The van der Waals surface area contributed by atoms with E-state index in [-0.39, 0.29) is 6.09 Å². The monoisotopic (exact) mass is 330 g/mol. The van der Waals surface area contributed by atoms with Gasteiger partial charge in [-0.15, -0.1) is 0 Å². The second kappa shape index (κ2) is 8.52. The predicted octanol–water partition coefficient (Wildman–Crippen LogP) is 3.74. The third-order valence-electron chi connectivity index (χ3n) is 5.51. The molecule has 2 aliphatic rings. The average molecular weight is 330 g/mol. The first kappa shape index (κ1) is 17.3. The molecule has 24 heavy (non-hydrogen) atoms. The fourth-order valence-corrected chi connectivity index (χ4v) is 4.05. The summed E-state index contributed by atoms with van der Waals surface area (Å²) in [5, 5.41) is 2.99. The van der Waals surface area contributed by atoms with Crippen molar-refractivity contribution in [3.63, 3.8) is 0 Å². The van der Waals surface area contributed by atoms with Crippen molar-refractivity contribution >= 4 is 6.09 Å². The van der Waals surface area contributed by atoms with Crippen molar-refractivity contribution in [1.82, 2.24) is 10.2 Å². The second-order valence-electron chi connectivity index (χ2n) is 7.17. The molecule has 0 spiro atoms. The maximum atomic E-state index is 11.5. The molecule has 1 aromatic carbocycles. The Morgan fingerprint density at radius 1 is 1.21 bits per heavy atom. The fraction of sp³-hybridized carbons (Fsp3) is 0.650.